The molecule has 0 amide bonds. The number of carbonyl (C=O) groups excluding carboxylic acids is 1. The summed E-state index contributed by atoms with van der Waals surface area (Å²) in [6.45, 7) is 0. The first kappa shape index (κ1) is 10.5. The molecule has 0 radical (unpaired) electrons. The predicted molar refractivity (Wildman–Crippen MR) is 65.9 cm³/mol. The predicted octanol–water partition coefficient (Wildman–Crippen LogP) is 1.94. The van der Waals surface area contributed by atoms with Crippen molar-refractivity contribution in [2.75, 3.05) is 0 Å². The Morgan fingerprint density at radius 3 is 2.33 bits per heavy atom. The van der Waals surface area contributed by atoms with Gasteiger partial charge < -0.3 is 5.11 Å². The number of aromatic hydroxyl groups is 1. The smallest absolute Gasteiger partial charge is 0.150 e. The second-order valence-corrected chi connectivity index (χ2v) is 3.84. The minimum Gasteiger partial charge on any atom is -0.506 e. The molecule has 1 N–H and O–H groups in total. The third-order valence-corrected chi connectivity index (χ3v) is 2.64. The lowest BCUT2D eigenvalue weighted by Crippen LogP contribution is -1.99. The Labute approximate surface area is 102 Å². The van der Waals surface area contributed by atoms with Crippen molar-refractivity contribution in [2.24, 2.45) is 0 Å². The van der Waals surface area contributed by atoms with Crippen molar-refractivity contribution in [3.63, 3.8) is 0 Å². The molecular formula is C13H9N3O2. The zero-order chi connectivity index (χ0) is 12.5. The maximum Gasteiger partial charge on any atom is 0.150 e. The van der Waals surface area contributed by atoms with E-state index in [2.05, 4.69) is 10.2 Å². The van der Waals surface area contributed by atoms with Crippen molar-refractivity contribution in [1.29, 1.82) is 0 Å². The summed E-state index contributed by atoms with van der Waals surface area (Å²) in [6.07, 6.45) is 0.714. The summed E-state index contributed by atoms with van der Waals surface area (Å²) in [7, 11) is 0. The summed E-state index contributed by atoms with van der Waals surface area (Å²) in [4.78, 5) is 12.1. The van der Waals surface area contributed by atoms with Crippen LogP contribution in [0.1, 0.15) is 10.4 Å². The second kappa shape index (κ2) is 3.96. The van der Waals surface area contributed by atoms with E-state index in [9.17, 15) is 9.90 Å². The molecule has 1 heterocycles. The van der Waals surface area contributed by atoms with Crippen LogP contribution in [-0.4, -0.2) is 26.4 Å². The average molecular weight is 239 g/mol. The van der Waals surface area contributed by atoms with Crippen LogP contribution < -0.4 is 0 Å². The molecule has 0 unspecified atom stereocenters. The van der Waals surface area contributed by atoms with Crippen LogP contribution in [0.2, 0.25) is 0 Å². The van der Waals surface area contributed by atoms with E-state index in [1.54, 1.807) is 6.07 Å². The number of nitrogens with zero attached hydrogens (tertiary/aromatic N) is 3. The molecule has 0 atom stereocenters. The SMILES string of the molecule is O=Cc1ccc(O)c(-n2nc3ccccc3n2)c1. The van der Waals surface area contributed by atoms with Gasteiger partial charge in [0.25, 0.3) is 0 Å². The highest BCUT2D eigenvalue weighted by atomic mass is 16.3. The molecule has 0 bridgehead atoms. The number of aldehydes is 1. The molecule has 1 aromatic heterocycles. The van der Waals surface area contributed by atoms with Crippen LogP contribution >= 0.6 is 0 Å². The van der Waals surface area contributed by atoms with Crippen molar-refractivity contribution < 1.29 is 9.90 Å². The molecule has 3 aromatic rings. The maximum absolute atomic E-state index is 10.7. The molecule has 3 rings (SSSR count). The highest BCUT2D eigenvalue weighted by molar-refractivity contribution is 5.77. The first-order chi connectivity index (χ1) is 8.78. The number of hydrogen-bond donors (Lipinski definition) is 1. The van der Waals surface area contributed by atoms with E-state index >= 15 is 0 Å². The van der Waals surface area contributed by atoms with Gasteiger partial charge in [-0.2, -0.15) is 0 Å². The zero-order valence-corrected chi connectivity index (χ0v) is 9.32. The molecule has 0 aliphatic carbocycles. The molecule has 0 saturated heterocycles. The third-order valence-electron chi connectivity index (χ3n) is 2.64. The minimum atomic E-state index is 0.0286. The van der Waals surface area contributed by atoms with Crippen LogP contribution in [-0.2, 0) is 0 Å². The standard InChI is InChI=1S/C13H9N3O2/c17-8-9-5-6-13(18)12(7-9)16-14-10-3-1-2-4-11(10)15-16/h1-8,18H. The first-order valence-corrected chi connectivity index (χ1v) is 5.38. The molecule has 0 spiro atoms. The molecule has 18 heavy (non-hydrogen) atoms. The van der Waals surface area contributed by atoms with Crippen molar-refractivity contribution in [3.8, 4) is 11.4 Å². The average Bonchev–Trinajstić information content (AvgIpc) is 2.82. The van der Waals surface area contributed by atoms with Crippen molar-refractivity contribution in [1.82, 2.24) is 15.0 Å². The van der Waals surface area contributed by atoms with Crippen molar-refractivity contribution >= 4 is 17.3 Å². The van der Waals surface area contributed by atoms with Crippen LogP contribution in [0, 0.1) is 0 Å². The number of phenolic OH excluding ortho intramolecular Hbond substituents is 1. The number of benzene rings is 2. The number of aromatic nitrogens is 3. The van der Waals surface area contributed by atoms with Gasteiger partial charge in [0.05, 0.1) is 0 Å². The van der Waals surface area contributed by atoms with Gasteiger partial charge in [-0.3, -0.25) is 4.79 Å². The Morgan fingerprint density at radius 1 is 1.06 bits per heavy atom. The molecular weight excluding hydrogens is 230 g/mol. The molecule has 0 aliphatic heterocycles. The zero-order valence-electron chi connectivity index (χ0n) is 9.32. The quantitative estimate of drug-likeness (QED) is 0.694. The fourth-order valence-corrected chi connectivity index (χ4v) is 1.74. The Kier molecular flexibility index (Phi) is 2.30. The molecule has 0 fully saturated rings. The molecule has 0 aliphatic rings. The lowest BCUT2D eigenvalue weighted by atomic mass is 10.2. The van der Waals surface area contributed by atoms with Gasteiger partial charge in [-0.25, -0.2) is 0 Å². The van der Waals surface area contributed by atoms with E-state index in [1.807, 2.05) is 24.3 Å². The topological polar surface area (TPSA) is 68.0 Å². The lowest BCUT2D eigenvalue weighted by Gasteiger charge is -2.02. The summed E-state index contributed by atoms with van der Waals surface area (Å²) >= 11 is 0. The molecule has 2 aromatic carbocycles. The van der Waals surface area contributed by atoms with Crippen LogP contribution in [0.15, 0.2) is 42.5 Å². The van der Waals surface area contributed by atoms with E-state index in [0.29, 0.717) is 17.5 Å². The first-order valence-electron chi connectivity index (χ1n) is 5.38. The van der Waals surface area contributed by atoms with Crippen LogP contribution in [0.3, 0.4) is 0 Å². The third kappa shape index (κ3) is 1.62. The number of fused-ring (bicyclic) bond motifs is 1. The highest BCUT2D eigenvalue weighted by Crippen LogP contribution is 2.22. The molecule has 88 valence electrons. The van der Waals surface area contributed by atoms with Crippen LogP contribution in [0.25, 0.3) is 16.7 Å². The summed E-state index contributed by atoms with van der Waals surface area (Å²) in [5, 5.41) is 18.3. The lowest BCUT2D eigenvalue weighted by molar-refractivity contribution is 0.112. The van der Waals surface area contributed by atoms with Crippen molar-refractivity contribution in [2.45, 2.75) is 0 Å². The Morgan fingerprint density at radius 2 is 1.72 bits per heavy atom. The van der Waals surface area contributed by atoms with Gasteiger partial charge in [0, 0.05) is 5.56 Å². The van der Waals surface area contributed by atoms with Crippen LogP contribution in [0.4, 0.5) is 0 Å². The maximum atomic E-state index is 10.7. The van der Waals surface area contributed by atoms with Gasteiger partial charge in [0.2, 0.25) is 0 Å². The van der Waals surface area contributed by atoms with Gasteiger partial charge in [-0.05, 0) is 30.3 Å². The van der Waals surface area contributed by atoms with E-state index in [1.165, 1.54) is 16.9 Å². The largest absolute Gasteiger partial charge is 0.506 e. The van der Waals surface area contributed by atoms with Gasteiger partial charge >= 0.3 is 0 Å². The van der Waals surface area contributed by atoms with E-state index < -0.39 is 0 Å². The summed E-state index contributed by atoms with van der Waals surface area (Å²) in [5.41, 5.74) is 2.31. The number of phenols is 1. The second-order valence-electron chi connectivity index (χ2n) is 3.84. The number of rotatable bonds is 2. The van der Waals surface area contributed by atoms with Gasteiger partial charge in [0.1, 0.15) is 28.8 Å². The Hall–Kier alpha value is -2.69. The summed E-state index contributed by atoms with van der Waals surface area (Å²) in [5.74, 6) is 0.0286. The summed E-state index contributed by atoms with van der Waals surface area (Å²) < 4.78 is 0. The number of carbonyl (C=O) groups is 1. The minimum absolute atomic E-state index is 0.0286. The van der Waals surface area contributed by atoms with Gasteiger partial charge in [-0.1, -0.05) is 12.1 Å². The van der Waals surface area contributed by atoms with Crippen molar-refractivity contribution in [3.05, 3.63) is 48.0 Å². The van der Waals surface area contributed by atoms with Crippen LogP contribution in [0.5, 0.6) is 5.75 Å². The monoisotopic (exact) mass is 239 g/mol. The van der Waals surface area contributed by atoms with Gasteiger partial charge in [0.15, 0.2) is 0 Å². The molecule has 5 heteroatoms. The highest BCUT2D eigenvalue weighted by Gasteiger charge is 2.09. The summed E-state index contributed by atoms with van der Waals surface area (Å²) in [6, 6.07) is 11.9. The fourth-order valence-electron chi connectivity index (χ4n) is 1.74. The van der Waals surface area contributed by atoms with Gasteiger partial charge in [-0.15, -0.1) is 15.0 Å². The van der Waals surface area contributed by atoms with E-state index in [4.69, 9.17) is 0 Å². The Balaban J connectivity index is 2.21. The van der Waals surface area contributed by atoms with E-state index in [0.717, 1.165) is 11.0 Å². The normalized spacial score (nSPS) is 10.7. The molecule has 0 saturated carbocycles. The Bertz CT molecular complexity index is 701. The molecule has 5 nitrogen and oxygen atoms in total. The fraction of sp³-hybridized carbons (Fsp3) is 0. The number of hydrogen-bond acceptors (Lipinski definition) is 4. The van der Waals surface area contributed by atoms with E-state index in [-0.39, 0.29) is 5.75 Å².